The van der Waals surface area contributed by atoms with Crippen molar-refractivity contribution in [3.8, 4) is 0 Å². The van der Waals surface area contributed by atoms with Crippen LogP contribution in [0.1, 0.15) is 17.3 Å². The number of rotatable bonds is 2. The second-order valence-corrected chi connectivity index (χ2v) is 3.02. The lowest BCUT2D eigenvalue weighted by Crippen LogP contribution is -2.15. The highest BCUT2D eigenvalue weighted by Crippen LogP contribution is 1.96. The molecule has 0 aliphatic rings. The summed E-state index contributed by atoms with van der Waals surface area (Å²) >= 11 is 0. The summed E-state index contributed by atoms with van der Waals surface area (Å²) < 4.78 is 0. The molecule has 2 aromatic heterocycles. The van der Waals surface area contributed by atoms with Crippen molar-refractivity contribution in [1.29, 1.82) is 0 Å². The van der Waals surface area contributed by atoms with Crippen LogP contribution in [0.25, 0.3) is 0 Å². The van der Waals surface area contributed by atoms with Crippen molar-refractivity contribution in [2.24, 2.45) is 0 Å². The van der Waals surface area contributed by atoms with Gasteiger partial charge in [-0.15, -0.1) is 0 Å². The summed E-state index contributed by atoms with van der Waals surface area (Å²) in [6.45, 7) is 1.96. The Hall–Kier alpha value is -1.84. The first-order valence-corrected chi connectivity index (χ1v) is 4.45. The van der Waals surface area contributed by atoms with E-state index in [1.54, 1.807) is 18.5 Å². The van der Waals surface area contributed by atoms with Crippen LogP contribution in [0.5, 0.6) is 0 Å². The Morgan fingerprint density at radius 3 is 2.79 bits per heavy atom. The van der Waals surface area contributed by atoms with Gasteiger partial charge < -0.3 is 0 Å². The van der Waals surface area contributed by atoms with Crippen molar-refractivity contribution in [2.45, 2.75) is 13.3 Å². The van der Waals surface area contributed by atoms with Crippen molar-refractivity contribution in [1.82, 2.24) is 15.0 Å². The molecule has 4 heteroatoms. The summed E-state index contributed by atoms with van der Waals surface area (Å²) in [6.07, 6.45) is 5.99. The lowest BCUT2D eigenvalue weighted by atomic mass is 10.3. The van der Waals surface area contributed by atoms with Gasteiger partial charge in [0.2, 0.25) is 0 Å². The lowest BCUT2D eigenvalue weighted by Gasteiger charge is -1.92. The van der Waals surface area contributed by atoms with Gasteiger partial charge in [0.1, 0.15) is 12.2 Å². The Bertz CT molecular complexity index is 413. The van der Waals surface area contributed by atoms with Crippen LogP contribution in [-0.2, 0) is 6.42 Å². The zero-order chi connectivity index (χ0) is 9.80. The van der Waals surface area contributed by atoms with Crippen molar-refractivity contribution >= 4 is 0 Å². The van der Waals surface area contributed by atoms with E-state index in [1.165, 1.54) is 0 Å². The van der Waals surface area contributed by atoms with Crippen LogP contribution >= 0.6 is 0 Å². The SMILES string of the molecule is Cc1cc[nH+]c(Cc2ncccn2)n1. The largest absolute Gasteiger partial charge is 0.304 e. The molecule has 0 amide bonds. The van der Waals surface area contributed by atoms with Gasteiger partial charge in [-0.3, -0.25) is 0 Å². The third-order valence-electron chi connectivity index (χ3n) is 1.83. The minimum Gasteiger partial charge on any atom is -0.247 e. The summed E-state index contributed by atoms with van der Waals surface area (Å²) in [5.74, 6) is 1.66. The molecule has 0 aliphatic heterocycles. The van der Waals surface area contributed by atoms with E-state index in [2.05, 4.69) is 19.9 Å². The fourth-order valence-corrected chi connectivity index (χ4v) is 1.20. The molecule has 0 aromatic carbocycles. The highest BCUT2D eigenvalue weighted by molar-refractivity contribution is 5.00. The number of nitrogens with one attached hydrogen (secondary N) is 1. The number of nitrogens with zero attached hydrogens (tertiary/aromatic N) is 3. The Balaban J connectivity index is 2.19. The number of H-pyrrole nitrogens is 1. The predicted octanol–water partition coefficient (Wildman–Crippen LogP) is 0.585. The van der Waals surface area contributed by atoms with Crippen LogP contribution in [0.2, 0.25) is 0 Å². The number of hydrogen-bond donors (Lipinski definition) is 0. The van der Waals surface area contributed by atoms with E-state index >= 15 is 0 Å². The molecule has 14 heavy (non-hydrogen) atoms. The van der Waals surface area contributed by atoms with Gasteiger partial charge in [-0.05, 0) is 6.07 Å². The van der Waals surface area contributed by atoms with E-state index in [-0.39, 0.29) is 0 Å². The Morgan fingerprint density at radius 2 is 2.07 bits per heavy atom. The molecule has 0 saturated heterocycles. The molecule has 0 spiro atoms. The van der Waals surface area contributed by atoms with Gasteiger partial charge in [0.05, 0.1) is 6.20 Å². The molecule has 1 N–H and O–H groups in total. The van der Waals surface area contributed by atoms with E-state index in [9.17, 15) is 0 Å². The van der Waals surface area contributed by atoms with E-state index in [0.717, 1.165) is 17.3 Å². The van der Waals surface area contributed by atoms with Gasteiger partial charge in [-0.2, -0.15) is 0 Å². The Morgan fingerprint density at radius 1 is 1.29 bits per heavy atom. The lowest BCUT2D eigenvalue weighted by molar-refractivity contribution is -0.395. The van der Waals surface area contributed by atoms with Crippen molar-refractivity contribution in [3.05, 3.63) is 48.1 Å². The Labute approximate surface area is 82.1 Å². The minimum atomic E-state index is 0.641. The zero-order valence-corrected chi connectivity index (χ0v) is 7.94. The zero-order valence-electron chi connectivity index (χ0n) is 7.94. The van der Waals surface area contributed by atoms with Crippen molar-refractivity contribution < 1.29 is 4.98 Å². The molecule has 4 nitrogen and oxygen atoms in total. The average molecular weight is 187 g/mol. The maximum Gasteiger partial charge on any atom is 0.304 e. The summed E-state index contributed by atoms with van der Waals surface area (Å²) in [7, 11) is 0. The van der Waals surface area contributed by atoms with Gasteiger partial charge in [0, 0.05) is 25.4 Å². The molecule has 0 saturated carbocycles. The van der Waals surface area contributed by atoms with Crippen LogP contribution < -0.4 is 4.98 Å². The molecule has 0 fully saturated rings. The number of aryl methyl sites for hydroxylation is 1. The second kappa shape index (κ2) is 3.91. The molecule has 0 atom stereocenters. The number of aromatic nitrogens is 4. The first-order chi connectivity index (χ1) is 6.84. The van der Waals surface area contributed by atoms with E-state index in [4.69, 9.17) is 0 Å². The molecule has 0 bridgehead atoms. The molecule has 2 rings (SSSR count). The fraction of sp³-hybridized carbons (Fsp3) is 0.200. The first-order valence-electron chi connectivity index (χ1n) is 4.45. The van der Waals surface area contributed by atoms with Crippen LogP contribution in [0.3, 0.4) is 0 Å². The smallest absolute Gasteiger partial charge is 0.247 e. The van der Waals surface area contributed by atoms with Gasteiger partial charge in [-0.1, -0.05) is 4.98 Å². The van der Waals surface area contributed by atoms with Crippen LogP contribution in [-0.4, -0.2) is 15.0 Å². The Kier molecular flexibility index (Phi) is 2.44. The molecular weight excluding hydrogens is 176 g/mol. The number of aromatic amines is 1. The maximum absolute atomic E-state index is 4.33. The fourth-order valence-electron chi connectivity index (χ4n) is 1.20. The molecular formula is C10H11N4+. The molecule has 0 aliphatic carbocycles. The minimum absolute atomic E-state index is 0.641. The van der Waals surface area contributed by atoms with Crippen molar-refractivity contribution in [2.75, 3.05) is 0 Å². The second-order valence-electron chi connectivity index (χ2n) is 3.02. The van der Waals surface area contributed by atoms with Gasteiger partial charge in [0.25, 0.3) is 0 Å². The number of hydrogen-bond acceptors (Lipinski definition) is 3. The molecule has 0 unspecified atom stereocenters. The van der Waals surface area contributed by atoms with Gasteiger partial charge in [0.15, 0.2) is 5.69 Å². The molecule has 0 radical (unpaired) electrons. The predicted molar refractivity (Wildman–Crippen MR) is 50.4 cm³/mol. The highest BCUT2D eigenvalue weighted by Gasteiger charge is 2.07. The third-order valence-corrected chi connectivity index (χ3v) is 1.83. The summed E-state index contributed by atoms with van der Waals surface area (Å²) in [5, 5.41) is 0. The van der Waals surface area contributed by atoms with Crippen LogP contribution in [0, 0.1) is 6.92 Å². The van der Waals surface area contributed by atoms with Crippen LogP contribution in [0.15, 0.2) is 30.7 Å². The monoisotopic (exact) mass is 187 g/mol. The highest BCUT2D eigenvalue weighted by atomic mass is 14.9. The quantitative estimate of drug-likeness (QED) is 0.691. The normalized spacial score (nSPS) is 10.1. The van der Waals surface area contributed by atoms with E-state index in [1.807, 2.05) is 19.2 Å². The molecule has 70 valence electrons. The van der Waals surface area contributed by atoms with E-state index < -0.39 is 0 Å². The molecule has 2 aromatic rings. The van der Waals surface area contributed by atoms with E-state index in [0.29, 0.717) is 6.42 Å². The first kappa shape index (κ1) is 8.74. The summed E-state index contributed by atoms with van der Waals surface area (Å²) in [6, 6.07) is 3.73. The average Bonchev–Trinajstić information content (AvgIpc) is 2.19. The maximum atomic E-state index is 4.33. The molecule has 2 heterocycles. The summed E-state index contributed by atoms with van der Waals surface area (Å²) in [4.78, 5) is 15.7. The standard InChI is InChI=1S/C10H10N4/c1-8-3-6-13-10(14-8)7-9-11-4-2-5-12-9/h2-6H,7H2,1H3/p+1. The van der Waals surface area contributed by atoms with Gasteiger partial charge >= 0.3 is 5.82 Å². The third kappa shape index (κ3) is 2.10. The van der Waals surface area contributed by atoms with Crippen molar-refractivity contribution in [3.63, 3.8) is 0 Å². The van der Waals surface area contributed by atoms with Crippen LogP contribution in [0.4, 0.5) is 0 Å². The van der Waals surface area contributed by atoms with Gasteiger partial charge in [-0.25, -0.2) is 15.0 Å². The summed E-state index contributed by atoms with van der Waals surface area (Å²) in [5.41, 5.74) is 0.995. The topological polar surface area (TPSA) is 52.8 Å².